The largest absolute Gasteiger partial charge is 0.493 e. The molecule has 1 aliphatic heterocycles. The normalized spacial score (nSPS) is 14.8. The highest BCUT2D eigenvalue weighted by atomic mass is 35.5. The van der Waals surface area contributed by atoms with Crippen LogP contribution in [0.5, 0.6) is 11.5 Å². The van der Waals surface area contributed by atoms with E-state index in [0.717, 1.165) is 4.90 Å². The summed E-state index contributed by atoms with van der Waals surface area (Å²) in [7, 11) is -2.91. The number of hydrogen-bond donors (Lipinski definition) is 0. The predicted octanol–water partition coefficient (Wildman–Crippen LogP) is 5.26. The molecule has 1 heterocycles. The molecule has 0 aromatic heterocycles. The van der Waals surface area contributed by atoms with E-state index in [1.54, 1.807) is 24.3 Å². The number of rotatable bonds is 8. The Morgan fingerprint density at radius 1 is 1.08 bits per heavy atom. The summed E-state index contributed by atoms with van der Waals surface area (Å²) in [4.78, 5) is 37.0. The van der Waals surface area contributed by atoms with Gasteiger partial charge in [-0.05, 0) is 47.7 Å². The van der Waals surface area contributed by atoms with Crippen molar-refractivity contribution >= 4 is 56.4 Å². The number of halogens is 1. The fraction of sp³-hybridized carbons (Fsp3) is 0.0833. The molecule has 0 bridgehead atoms. The highest BCUT2D eigenvalue weighted by molar-refractivity contribution is 8.18. The van der Waals surface area contributed by atoms with Crippen LogP contribution < -0.4 is 8.92 Å². The predicted molar refractivity (Wildman–Crippen MR) is 137 cm³/mol. The third kappa shape index (κ3) is 5.61. The first kappa shape index (κ1) is 26.2. The van der Waals surface area contributed by atoms with Crippen LogP contribution in [0.3, 0.4) is 0 Å². The molecule has 2 amide bonds. The molecule has 0 unspecified atom stereocenters. The zero-order valence-corrected chi connectivity index (χ0v) is 21.4. The summed E-state index contributed by atoms with van der Waals surface area (Å²) in [5.41, 5.74) is 0.340. The first-order chi connectivity index (χ1) is 17.6. The van der Waals surface area contributed by atoms with Crippen molar-refractivity contribution in [3.8, 4) is 11.5 Å². The zero-order chi connectivity index (χ0) is 26.7. The zero-order valence-electron chi connectivity index (χ0n) is 19.0. The molecule has 0 aliphatic carbocycles. The Hall–Kier alpha value is -3.87. The van der Waals surface area contributed by atoms with Crippen LogP contribution in [0, 0.1) is 10.1 Å². The Bertz CT molecular complexity index is 1540. The lowest BCUT2D eigenvalue weighted by atomic mass is 10.1. The molecule has 0 atom stereocenters. The monoisotopic (exact) mass is 560 g/mol. The minimum absolute atomic E-state index is 0.0163. The SMILES string of the molecule is COc1cc(/C=C2\SC(=O)N(Cc3ccccc3[N+](=O)[O-])C2=O)cc(Cl)c1OS(=O)(=O)c1ccccc1. The summed E-state index contributed by atoms with van der Waals surface area (Å²) in [5, 5.41) is 10.6. The molecule has 190 valence electrons. The number of thioether (sulfide) groups is 1. The van der Waals surface area contributed by atoms with Gasteiger partial charge in [-0.15, -0.1) is 0 Å². The van der Waals surface area contributed by atoms with E-state index < -0.39 is 26.2 Å². The molecule has 0 N–H and O–H groups in total. The Kier molecular flexibility index (Phi) is 7.52. The fourth-order valence-corrected chi connectivity index (χ4v) is 5.55. The highest BCUT2D eigenvalue weighted by Gasteiger charge is 2.36. The molecule has 0 saturated carbocycles. The van der Waals surface area contributed by atoms with Crippen LogP contribution in [0.4, 0.5) is 10.5 Å². The number of ether oxygens (including phenoxy) is 1. The number of amides is 2. The summed E-state index contributed by atoms with van der Waals surface area (Å²) >= 11 is 6.97. The molecule has 37 heavy (non-hydrogen) atoms. The van der Waals surface area contributed by atoms with Gasteiger partial charge < -0.3 is 8.92 Å². The maximum atomic E-state index is 12.9. The van der Waals surface area contributed by atoms with Crippen LogP contribution in [0.25, 0.3) is 6.08 Å². The summed E-state index contributed by atoms with van der Waals surface area (Å²) in [5.74, 6) is -0.901. The van der Waals surface area contributed by atoms with Crippen LogP contribution in [0.2, 0.25) is 5.02 Å². The number of nitrogens with zero attached hydrogens (tertiary/aromatic N) is 2. The number of carbonyl (C=O) groups is 2. The van der Waals surface area contributed by atoms with Gasteiger partial charge in [-0.25, -0.2) is 0 Å². The number of nitro groups is 1. The third-order valence-electron chi connectivity index (χ3n) is 5.16. The smallest absolute Gasteiger partial charge is 0.339 e. The van der Waals surface area contributed by atoms with Gasteiger partial charge in [0.25, 0.3) is 16.8 Å². The molecular formula is C24H17ClN2O8S2. The van der Waals surface area contributed by atoms with Crippen LogP contribution in [0.1, 0.15) is 11.1 Å². The first-order valence-corrected chi connectivity index (χ1v) is 13.1. The van der Waals surface area contributed by atoms with E-state index in [9.17, 15) is 28.1 Å². The minimum Gasteiger partial charge on any atom is -0.493 e. The molecule has 10 nitrogen and oxygen atoms in total. The van der Waals surface area contributed by atoms with Crippen molar-refractivity contribution in [3.05, 3.63) is 97.9 Å². The molecule has 0 radical (unpaired) electrons. The van der Waals surface area contributed by atoms with Gasteiger partial charge in [0, 0.05) is 11.6 Å². The van der Waals surface area contributed by atoms with Crippen molar-refractivity contribution < 1.29 is 31.9 Å². The average molecular weight is 561 g/mol. The number of benzene rings is 3. The molecule has 0 spiro atoms. The van der Waals surface area contributed by atoms with E-state index in [1.165, 1.54) is 55.7 Å². The average Bonchev–Trinajstić information content (AvgIpc) is 3.13. The number of carbonyl (C=O) groups excluding carboxylic acids is 2. The van der Waals surface area contributed by atoms with Crippen molar-refractivity contribution in [2.24, 2.45) is 0 Å². The first-order valence-electron chi connectivity index (χ1n) is 10.5. The van der Waals surface area contributed by atoms with Crippen LogP contribution in [-0.2, 0) is 21.5 Å². The molecule has 13 heteroatoms. The third-order valence-corrected chi connectivity index (χ3v) is 7.59. The van der Waals surface area contributed by atoms with E-state index >= 15 is 0 Å². The molecule has 4 rings (SSSR count). The Morgan fingerprint density at radius 3 is 2.43 bits per heavy atom. The number of nitro benzene ring substituents is 1. The molecule has 3 aromatic carbocycles. The number of para-hydroxylation sites is 1. The van der Waals surface area contributed by atoms with Gasteiger partial charge in [0.2, 0.25) is 5.75 Å². The van der Waals surface area contributed by atoms with Crippen molar-refractivity contribution in [1.29, 1.82) is 0 Å². The van der Waals surface area contributed by atoms with E-state index in [0.29, 0.717) is 17.3 Å². The van der Waals surface area contributed by atoms with Gasteiger partial charge in [0.1, 0.15) is 4.90 Å². The van der Waals surface area contributed by atoms with Gasteiger partial charge in [-0.1, -0.05) is 48.0 Å². The quantitative estimate of drug-likeness (QED) is 0.156. The van der Waals surface area contributed by atoms with Gasteiger partial charge in [0.15, 0.2) is 5.75 Å². The Morgan fingerprint density at radius 2 is 1.76 bits per heavy atom. The fourth-order valence-electron chi connectivity index (χ4n) is 3.43. The lowest BCUT2D eigenvalue weighted by Crippen LogP contribution is -2.27. The second-order valence-corrected chi connectivity index (χ2v) is 10.5. The number of methoxy groups -OCH3 is 1. The van der Waals surface area contributed by atoms with Gasteiger partial charge >= 0.3 is 10.1 Å². The van der Waals surface area contributed by atoms with Crippen molar-refractivity contribution in [1.82, 2.24) is 4.90 Å². The lowest BCUT2D eigenvalue weighted by Gasteiger charge is -2.13. The lowest BCUT2D eigenvalue weighted by molar-refractivity contribution is -0.385. The summed E-state index contributed by atoms with van der Waals surface area (Å²) < 4.78 is 35.8. The second kappa shape index (κ2) is 10.6. The van der Waals surface area contributed by atoms with E-state index in [4.69, 9.17) is 20.5 Å². The molecule has 1 aliphatic rings. The number of hydrogen-bond acceptors (Lipinski definition) is 9. The van der Waals surface area contributed by atoms with E-state index in [-0.39, 0.29) is 44.1 Å². The van der Waals surface area contributed by atoms with Gasteiger partial charge in [0.05, 0.1) is 28.5 Å². The minimum atomic E-state index is -4.20. The Balaban J connectivity index is 1.61. The van der Waals surface area contributed by atoms with Crippen LogP contribution >= 0.6 is 23.4 Å². The van der Waals surface area contributed by atoms with Crippen LogP contribution in [-0.4, -0.2) is 36.5 Å². The molecule has 3 aromatic rings. The summed E-state index contributed by atoms with van der Waals surface area (Å²) in [6.07, 6.45) is 1.38. The second-order valence-electron chi connectivity index (χ2n) is 7.54. The molecule has 1 saturated heterocycles. The molecule has 1 fully saturated rings. The highest BCUT2D eigenvalue weighted by Crippen LogP contribution is 2.40. The van der Waals surface area contributed by atoms with Gasteiger partial charge in [-0.2, -0.15) is 8.42 Å². The standard InChI is InChI=1S/C24H17ClN2O8S2/c1-34-20-12-15(11-18(25)22(20)35-37(32,33)17-8-3-2-4-9-17)13-21-23(28)26(24(29)36-21)14-16-7-5-6-10-19(16)27(30)31/h2-13H,14H2,1H3/b21-13-. The van der Waals surface area contributed by atoms with E-state index in [1.807, 2.05) is 0 Å². The summed E-state index contributed by atoms with van der Waals surface area (Å²) in [6, 6.07) is 16.1. The maximum absolute atomic E-state index is 12.9. The van der Waals surface area contributed by atoms with Crippen molar-refractivity contribution in [3.63, 3.8) is 0 Å². The topological polar surface area (TPSA) is 133 Å². The maximum Gasteiger partial charge on any atom is 0.339 e. The van der Waals surface area contributed by atoms with Gasteiger partial charge in [-0.3, -0.25) is 24.6 Å². The van der Waals surface area contributed by atoms with E-state index in [2.05, 4.69) is 0 Å². The van der Waals surface area contributed by atoms with Crippen LogP contribution in [0.15, 0.2) is 76.5 Å². The number of imide groups is 1. The van der Waals surface area contributed by atoms with Crippen molar-refractivity contribution in [2.75, 3.05) is 7.11 Å². The Labute approximate surface area is 220 Å². The molecular weight excluding hydrogens is 544 g/mol. The van der Waals surface area contributed by atoms with Crippen molar-refractivity contribution in [2.45, 2.75) is 11.4 Å². The summed E-state index contributed by atoms with van der Waals surface area (Å²) in [6.45, 7) is -0.270.